The van der Waals surface area contributed by atoms with E-state index in [9.17, 15) is 0 Å². The Morgan fingerprint density at radius 1 is 0.450 bits per heavy atom. The van der Waals surface area contributed by atoms with Crippen molar-refractivity contribution in [2.75, 3.05) is 20.0 Å². The molecule has 0 amide bonds. The molecule has 0 heterocycles. The zero-order valence-corrected chi connectivity index (χ0v) is 34.0. The van der Waals surface area contributed by atoms with Crippen LogP contribution >= 0.6 is 34.8 Å². The smallest absolute Gasteiger partial charge is 0.0408 e. The number of hydrogen-bond donors (Lipinski definition) is 0. The summed E-state index contributed by atoms with van der Waals surface area (Å²) in [6, 6.07) is 41.3. The summed E-state index contributed by atoms with van der Waals surface area (Å²) >= 11 is 4.97. The van der Waals surface area contributed by atoms with Crippen LogP contribution in [0.1, 0.15) is 0 Å². The molecule has 0 aromatic heterocycles. The molecule has 0 aliphatic carbocycles. The topological polar surface area (TPSA) is 0 Å². The monoisotopic (exact) mass is 1080 g/mol. The minimum Gasteiger partial charge on any atom is -0.358 e. The third-order valence-electron chi connectivity index (χ3n) is 5.00. The fraction of sp³-hybridized carbons (Fsp3) is 0.0909. The molecule has 0 aliphatic rings. The van der Waals surface area contributed by atoms with Crippen molar-refractivity contribution < 1.29 is 58.3 Å². The van der Waals surface area contributed by atoms with E-state index in [1.807, 2.05) is 72.8 Å². The van der Waals surface area contributed by atoms with Gasteiger partial charge in [-0.15, -0.1) is 7.26 Å². The average Bonchev–Trinajstić information content (AvgIpc) is 2.91. The summed E-state index contributed by atoms with van der Waals surface area (Å²) in [7, 11) is -3.93. The van der Waals surface area contributed by atoms with Crippen LogP contribution in [0.5, 0.6) is 0 Å². The molecule has 4 aromatic carbocycles. The van der Waals surface area contributed by atoms with Crippen LogP contribution in [-0.2, 0) is 41.3 Å². The molecule has 40 heavy (non-hydrogen) atoms. The summed E-state index contributed by atoms with van der Waals surface area (Å²) in [6.07, 6.45) is 0. The zero-order valence-electron chi connectivity index (χ0n) is 23.8. The van der Waals surface area contributed by atoms with Gasteiger partial charge in [0.25, 0.3) is 0 Å². The molecule has 7 heteroatoms. The third-order valence-corrected chi connectivity index (χ3v) is 10.1. The number of hydrogen-bond acceptors (Lipinski definition) is 0. The largest absolute Gasteiger partial charge is 0.358 e. The van der Waals surface area contributed by atoms with E-state index in [4.69, 9.17) is 0 Å². The molecule has 0 saturated heterocycles. The Labute approximate surface area is 293 Å². The Morgan fingerprint density at radius 3 is 0.700 bits per heavy atom. The minimum absolute atomic E-state index is 0. The Bertz CT molecular complexity index is 946. The molecular formula is C33H42Au2Br2P3-4. The Balaban J connectivity index is -0.000000526. The van der Waals surface area contributed by atoms with E-state index in [1.165, 1.54) is 21.2 Å². The molecule has 4 rings (SSSR count). The van der Waals surface area contributed by atoms with Crippen molar-refractivity contribution >= 4 is 56.0 Å². The molecule has 0 unspecified atom stereocenters. The first-order valence-electron chi connectivity index (χ1n) is 11.6. The summed E-state index contributed by atoms with van der Waals surface area (Å²) in [5.74, 6) is 0. The first-order chi connectivity index (χ1) is 17.4. The van der Waals surface area contributed by atoms with Gasteiger partial charge in [-0.3, -0.25) is 0 Å². The van der Waals surface area contributed by atoms with Gasteiger partial charge in [0, 0.05) is 63.6 Å². The van der Waals surface area contributed by atoms with Gasteiger partial charge in [0.05, 0.1) is 0 Å². The summed E-state index contributed by atoms with van der Waals surface area (Å²) in [4.78, 5) is 0. The second-order valence-electron chi connectivity index (χ2n) is 9.57. The molecule has 1 radical (unpaired) electrons. The number of benzene rings is 4. The van der Waals surface area contributed by atoms with Crippen LogP contribution < -0.4 is 38.2 Å². The van der Waals surface area contributed by atoms with E-state index < -0.39 is 21.8 Å². The van der Waals surface area contributed by atoms with E-state index in [0.29, 0.717) is 0 Å². The van der Waals surface area contributed by atoms with Gasteiger partial charge in [0.1, 0.15) is 0 Å². The van der Waals surface area contributed by atoms with E-state index in [-0.39, 0.29) is 46.8 Å². The number of halogens is 2. The first-order valence-corrected chi connectivity index (χ1v) is 23.9. The first kappa shape index (κ1) is 45.0. The van der Waals surface area contributed by atoms with E-state index in [1.54, 1.807) is 0 Å². The predicted molar refractivity (Wildman–Crippen MR) is 185 cm³/mol. The fourth-order valence-electron chi connectivity index (χ4n) is 3.15. The van der Waals surface area contributed by atoms with Crippen molar-refractivity contribution in [3.8, 4) is 0 Å². The summed E-state index contributed by atoms with van der Waals surface area (Å²) in [6.45, 7) is 27.7. The Hall–Kier alpha value is 0.611. The maximum Gasteiger partial charge on any atom is 0.0408 e. The Morgan fingerprint density at radius 2 is 0.575 bits per heavy atom. The van der Waals surface area contributed by atoms with Crippen LogP contribution in [0.3, 0.4) is 0 Å². The molecule has 0 N–H and O–H groups in total. The summed E-state index contributed by atoms with van der Waals surface area (Å²) in [5, 5.41) is 4.99. The fourth-order valence-corrected chi connectivity index (χ4v) is 6.72. The van der Waals surface area contributed by atoms with Gasteiger partial charge < -0.3 is 24.4 Å². The van der Waals surface area contributed by atoms with Gasteiger partial charge in [0.2, 0.25) is 0 Å². The second-order valence-corrected chi connectivity index (χ2v) is 20.1. The van der Waals surface area contributed by atoms with Gasteiger partial charge in [0.15, 0.2) is 0 Å². The van der Waals surface area contributed by atoms with Crippen molar-refractivity contribution in [1.29, 1.82) is 0 Å². The van der Waals surface area contributed by atoms with Crippen molar-refractivity contribution in [3.05, 3.63) is 162 Å². The van der Waals surface area contributed by atoms with E-state index >= 15 is 0 Å². The van der Waals surface area contributed by atoms with Crippen LogP contribution in [0.4, 0.5) is 0 Å². The van der Waals surface area contributed by atoms with Crippen molar-refractivity contribution in [1.82, 2.24) is 0 Å². The van der Waals surface area contributed by atoms with E-state index in [2.05, 4.69) is 134 Å². The maximum absolute atomic E-state index is 4.31. The molecule has 4 aromatic rings. The molecule has 0 fully saturated rings. The maximum atomic E-state index is 4.31. The number of rotatable bonds is 4. The second kappa shape index (κ2) is 23.1. The van der Waals surface area contributed by atoms with Crippen LogP contribution in [-0.4, -0.2) is 20.0 Å². The normalized spacial score (nSPS) is 10.2. The van der Waals surface area contributed by atoms with Crippen LogP contribution in [0.25, 0.3) is 0 Å². The van der Waals surface area contributed by atoms with Gasteiger partial charge in [-0.2, -0.15) is 47.8 Å². The van der Waals surface area contributed by atoms with Gasteiger partial charge in [-0.1, -0.05) is 72.8 Å². The van der Waals surface area contributed by atoms with Gasteiger partial charge in [-0.05, 0) is 48.5 Å². The molecule has 0 nitrogen and oxygen atoms in total. The van der Waals surface area contributed by atoms with Crippen molar-refractivity contribution in [3.63, 3.8) is 0 Å². The molecule has 0 aliphatic heterocycles. The molecule has 0 bridgehead atoms. The van der Waals surface area contributed by atoms with Crippen LogP contribution in [0.15, 0.2) is 121 Å². The summed E-state index contributed by atoms with van der Waals surface area (Å²) in [5.41, 5.74) is 0. The molecule has 0 atom stereocenters. The van der Waals surface area contributed by atoms with Crippen LogP contribution in [0.2, 0.25) is 0 Å². The molecular weight excluding hydrogens is 1040 g/mol. The quantitative estimate of drug-likeness (QED) is 0.125. The van der Waals surface area contributed by atoms with Crippen LogP contribution in [0, 0.1) is 40.8 Å². The standard InChI is InChI=1S/2C14H14P.C4H11P.CH3.2Au.2BrH/c2*1-15(2,13-9-5-3-6-10-13)14-11-7-4-8-12-14;1-5(2,3)4;;;;;/h2*3-12H,1-2H2;1H2,2-4H3;1H3;;;2*1H/q2*-1;;-1;;+1;;/p-2. The SMILES string of the molecule is [Au].[Br-].[Br][Au].[CH2-][P+](C)(C)C.[CH2-][P+]([CH2-])(c1ccccc1)c1ccccc1.[CH2-][P+]([CH2-])(c1ccccc1)c1ccccc1.[CH3-]. The average molecular weight is 1090 g/mol. The van der Waals surface area contributed by atoms with E-state index in [0.717, 1.165) is 0 Å². The molecule has 0 saturated carbocycles. The van der Waals surface area contributed by atoms with Gasteiger partial charge in [-0.25, -0.2) is 0 Å². The predicted octanol–water partition coefficient (Wildman–Crippen LogP) is 6.46. The molecule has 0 spiro atoms. The summed E-state index contributed by atoms with van der Waals surface area (Å²) < 4.78 is 0. The van der Waals surface area contributed by atoms with Gasteiger partial charge >= 0.3 is 32.0 Å². The minimum atomic E-state index is -1.65. The Kier molecular flexibility index (Phi) is 26.0. The van der Waals surface area contributed by atoms with Crippen molar-refractivity contribution in [2.24, 2.45) is 0 Å². The van der Waals surface area contributed by atoms with Crippen molar-refractivity contribution in [2.45, 2.75) is 0 Å². The zero-order chi connectivity index (χ0) is 28.0. The molecule has 229 valence electrons. The third kappa shape index (κ3) is 17.0.